The second-order valence-corrected chi connectivity index (χ2v) is 9.76. The lowest BCUT2D eigenvalue weighted by Crippen LogP contribution is -2.36. The predicted octanol–water partition coefficient (Wildman–Crippen LogP) is 3.55. The van der Waals surface area contributed by atoms with Gasteiger partial charge in [0, 0.05) is 50.3 Å². The third-order valence-electron chi connectivity index (χ3n) is 7.69. The Morgan fingerprint density at radius 1 is 1.06 bits per heavy atom. The molecule has 2 fully saturated rings. The van der Waals surface area contributed by atoms with Crippen LogP contribution in [0.4, 0.5) is 11.6 Å². The number of aryl methyl sites for hydroxylation is 1. The van der Waals surface area contributed by atoms with Gasteiger partial charge >= 0.3 is 0 Å². The molecule has 0 bridgehead atoms. The van der Waals surface area contributed by atoms with Gasteiger partial charge in [-0.15, -0.1) is 0 Å². The van der Waals surface area contributed by atoms with Crippen molar-refractivity contribution in [1.82, 2.24) is 24.4 Å². The number of rotatable bonds is 7. The standard InChI is InChI=1S/C25H37N7O/c1-3-18-15-21(33)29-23-22(18)25(27-17-26-23)31-11-7-19(8-12-31)24-28-20(4-2)16-32(24)14-13-30-9-5-6-10-30/h16-19H,3-15H2,1-2H3,(H,26,27,29,33). The number of aromatic nitrogens is 4. The highest BCUT2D eigenvalue weighted by Gasteiger charge is 2.32. The topological polar surface area (TPSA) is 79.2 Å². The number of amides is 1. The van der Waals surface area contributed by atoms with Gasteiger partial charge in [-0.2, -0.15) is 0 Å². The smallest absolute Gasteiger partial charge is 0.226 e. The zero-order chi connectivity index (χ0) is 22.8. The molecule has 1 N–H and O–H groups in total. The lowest BCUT2D eigenvalue weighted by Gasteiger charge is -2.36. The highest BCUT2D eigenvalue weighted by atomic mass is 16.1. The van der Waals surface area contributed by atoms with Crippen molar-refractivity contribution in [3.8, 4) is 0 Å². The number of hydrogen-bond donors (Lipinski definition) is 1. The Morgan fingerprint density at radius 3 is 2.58 bits per heavy atom. The van der Waals surface area contributed by atoms with Gasteiger partial charge in [0.05, 0.1) is 5.69 Å². The van der Waals surface area contributed by atoms with Gasteiger partial charge in [0.1, 0.15) is 23.8 Å². The van der Waals surface area contributed by atoms with Crippen molar-refractivity contribution in [2.75, 3.05) is 42.9 Å². The summed E-state index contributed by atoms with van der Waals surface area (Å²) < 4.78 is 2.44. The Hall–Kier alpha value is -2.48. The number of nitrogens with one attached hydrogen (secondary N) is 1. The van der Waals surface area contributed by atoms with Gasteiger partial charge in [-0.1, -0.05) is 13.8 Å². The van der Waals surface area contributed by atoms with E-state index < -0.39 is 0 Å². The maximum absolute atomic E-state index is 12.1. The molecule has 8 nitrogen and oxygen atoms in total. The van der Waals surface area contributed by atoms with Gasteiger partial charge < -0.3 is 19.7 Å². The fourth-order valence-corrected chi connectivity index (χ4v) is 5.74. The number of carbonyl (C=O) groups is 1. The molecule has 2 aromatic heterocycles. The van der Waals surface area contributed by atoms with Crippen molar-refractivity contribution in [2.45, 2.75) is 77.2 Å². The van der Waals surface area contributed by atoms with E-state index in [1.807, 2.05) is 0 Å². The Morgan fingerprint density at radius 2 is 1.85 bits per heavy atom. The van der Waals surface area contributed by atoms with Gasteiger partial charge in [0.2, 0.25) is 5.91 Å². The summed E-state index contributed by atoms with van der Waals surface area (Å²) in [4.78, 5) is 31.2. The van der Waals surface area contributed by atoms with Crippen molar-refractivity contribution in [1.29, 1.82) is 0 Å². The van der Waals surface area contributed by atoms with Crippen molar-refractivity contribution in [2.24, 2.45) is 0 Å². The van der Waals surface area contributed by atoms with Crippen LogP contribution >= 0.6 is 0 Å². The van der Waals surface area contributed by atoms with Gasteiger partial charge in [-0.05, 0) is 57.5 Å². The number of fused-ring (bicyclic) bond motifs is 1. The summed E-state index contributed by atoms with van der Waals surface area (Å²) in [6.07, 6.45) is 11.1. The van der Waals surface area contributed by atoms with Crippen LogP contribution in [0.1, 0.15) is 81.3 Å². The van der Waals surface area contributed by atoms with Gasteiger partial charge in [0.25, 0.3) is 0 Å². The molecule has 0 aromatic carbocycles. The number of anilines is 2. The quantitative estimate of drug-likeness (QED) is 0.694. The fourth-order valence-electron chi connectivity index (χ4n) is 5.74. The third-order valence-corrected chi connectivity index (χ3v) is 7.69. The minimum Gasteiger partial charge on any atom is -0.356 e. The molecule has 1 amide bonds. The zero-order valence-corrected chi connectivity index (χ0v) is 20.1. The van der Waals surface area contributed by atoms with Crippen molar-refractivity contribution in [3.63, 3.8) is 0 Å². The molecular weight excluding hydrogens is 414 g/mol. The summed E-state index contributed by atoms with van der Waals surface area (Å²) in [5.41, 5.74) is 2.33. The molecule has 1 unspecified atom stereocenters. The number of carbonyl (C=O) groups excluding carboxylic acids is 1. The summed E-state index contributed by atoms with van der Waals surface area (Å²) in [6.45, 7) is 10.9. The maximum atomic E-state index is 12.1. The van der Waals surface area contributed by atoms with Gasteiger partial charge in [-0.3, -0.25) is 4.79 Å². The second-order valence-electron chi connectivity index (χ2n) is 9.76. The average molecular weight is 452 g/mol. The van der Waals surface area contributed by atoms with Crippen LogP contribution in [0.5, 0.6) is 0 Å². The van der Waals surface area contributed by atoms with Crippen LogP contribution in [0.3, 0.4) is 0 Å². The van der Waals surface area contributed by atoms with E-state index in [4.69, 9.17) is 4.98 Å². The molecular formula is C25H37N7O. The van der Waals surface area contributed by atoms with E-state index >= 15 is 0 Å². The number of hydrogen-bond acceptors (Lipinski definition) is 6. The first-order valence-electron chi connectivity index (χ1n) is 12.8. The average Bonchev–Trinajstić information content (AvgIpc) is 3.51. The summed E-state index contributed by atoms with van der Waals surface area (Å²) in [5.74, 6) is 3.73. The summed E-state index contributed by atoms with van der Waals surface area (Å²) in [6, 6.07) is 0. The first-order chi connectivity index (χ1) is 16.2. The van der Waals surface area contributed by atoms with E-state index in [0.29, 0.717) is 18.2 Å². The molecule has 2 saturated heterocycles. The molecule has 0 radical (unpaired) electrons. The van der Waals surface area contributed by atoms with Crippen LogP contribution in [-0.2, 0) is 17.8 Å². The molecule has 1 atom stereocenters. The first-order valence-corrected chi connectivity index (χ1v) is 12.8. The lowest BCUT2D eigenvalue weighted by molar-refractivity contribution is -0.116. The zero-order valence-electron chi connectivity index (χ0n) is 20.1. The van der Waals surface area contributed by atoms with Crippen LogP contribution in [-0.4, -0.2) is 63.0 Å². The van der Waals surface area contributed by atoms with E-state index in [0.717, 1.165) is 63.2 Å². The van der Waals surface area contributed by atoms with Crippen molar-refractivity contribution in [3.05, 3.63) is 29.6 Å². The van der Waals surface area contributed by atoms with E-state index in [1.165, 1.54) is 37.4 Å². The summed E-state index contributed by atoms with van der Waals surface area (Å²) in [5, 5.41) is 2.96. The SMILES string of the molecule is CCc1cn(CCN2CCCC2)c(C2CCN(c3ncnc4c3C(CC)CC(=O)N4)CC2)n1. The number of likely N-dealkylation sites (tertiary alicyclic amines) is 1. The molecule has 3 aliphatic rings. The maximum Gasteiger partial charge on any atom is 0.226 e. The normalized spacial score (nSPS) is 21.9. The summed E-state index contributed by atoms with van der Waals surface area (Å²) >= 11 is 0. The molecule has 0 saturated carbocycles. The van der Waals surface area contributed by atoms with Gasteiger partial charge in [0.15, 0.2) is 0 Å². The van der Waals surface area contributed by atoms with Crippen LogP contribution in [0.25, 0.3) is 0 Å². The minimum absolute atomic E-state index is 0.0604. The molecule has 8 heteroatoms. The van der Waals surface area contributed by atoms with Crippen molar-refractivity contribution < 1.29 is 4.79 Å². The Balaban J connectivity index is 1.30. The molecule has 0 aliphatic carbocycles. The van der Waals surface area contributed by atoms with Crippen LogP contribution < -0.4 is 10.2 Å². The highest BCUT2D eigenvalue weighted by molar-refractivity contribution is 5.94. The van der Waals surface area contributed by atoms with Crippen molar-refractivity contribution >= 4 is 17.5 Å². The number of imidazole rings is 1. The molecule has 0 spiro atoms. The van der Waals surface area contributed by atoms with Crippen LogP contribution in [0.2, 0.25) is 0 Å². The van der Waals surface area contributed by atoms with E-state index in [1.54, 1.807) is 6.33 Å². The number of piperidine rings is 1. The molecule has 2 aromatic rings. The summed E-state index contributed by atoms with van der Waals surface area (Å²) in [7, 11) is 0. The van der Waals surface area contributed by atoms with Crippen LogP contribution in [0, 0.1) is 0 Å². The number of nitrogens with zero attached hydrogens (tertiary/aromatic N) is 6. The molecule has 178 valence electrons. The fraction of sp³-hybridized carbons (Fsp3) is 0.680. The minimum atomic E-state index is 0.0604. The van der Waals surface area contributed by atoms with E-state index in [2.05, 4.69) is 49.7 Å². The third kappa shape index (κ3) is 4.63. The lowest BCUT2D eigenvalue weighted by atomic mass is 9.89. The highest BCUT2D eigenvalue weighted by Crippen LogP contribution is 2.40. The molecule has 5 rings (SSSR count). The Labute approximate surface area is 196 Å². The van der Waals surface area contributed by atoms with E-state index in [-0.39, 0.29) is 11.8 Å². The largest absolute Gasteiger partial charge is 0.356 e. The first kappa shape index (κ1) is 22.3. The Bertz CT molecular complexity index is 973. The molecule has 33 heavy (non-hydrogen) atoms. The molecule has 5 heterocycles. The predicted molar refractivity (Wildman–Crippen MR) is 130 cm³/mol. The van der Waals surface area contributed by atoms with E-state index in [9.17, 15) is 4.79 Å². The second kappa shape index (κ2) is 9.79. The van der Waals surface area contributed by atoms with Crippen LogP contribution in [0.15, 0.2) is 12.5 Å². The molecule has 3 aliphatic heterocycles. The van der Waals surface area contributed by atoms with Gasteiger partial charge in [-0.25, -0.2) is 15.0 Å². The monoisotopic (exact) mass is 451 g/mol. The Kier molecular flexibility index (Phi) is 6.62.